The second kappa shape index (κ2) is 10.5. The van der Waals surface area contributed by atoms with Crippen molar-refractivity contribution in [3.63, 3.8) is 0 Å². The van der Waals surface area contributed by atoms with E-state index in [-0.39, 0.29) is 67.3 Å². The molecule has 7 aliphatic rings. The molecule has 10 nitrogen and oxygen atoms in total. The summed E-state index contributed by atoms with van der Waals surface area (Å²) in [5, 5.41) is 93.4. The number of ether oxygens (including phenoxy) is 1. The first-order chi connectivity index (χ1) is 22.9. The lowest BCUT2D eigenvalue weighted by atomic mass is 9.41. The fourth-order valence-corrected chi connectivity index (χ4v) is 13.5. The van der Waals surface area contributed by atoms with Crippen LogP contribution in [0, 0.1) is 40.4 Å². The molecule has 1 aromatic carbocycles. The maximum absolute atomic E-state index is 14.6. The van der Waals surface area contributed by atoms with Crippen LogP contribution in [0.5, 0.6) is 11.5 Å². The van der Waals surface area contributed by atoms with Crippen LogP contribution in [0.3, 0.4) is 0 Å². The van der Waals surface area contributed by atoms with Crippen molar-refractivity contribution in [3.8, 4) is 11.5 Å². The number of phenolic OH excluding ortho intramolecular Hbond substituents is 2. The lowest BCUT2D eigenvalue weighted by Crippen LogP contribution is -2.69. The van der Waals surface area contributed by atoms with Crippen molar-refractivity contribution in [2.45, 2.75) is 139 Å². The number of ketones is 1. The number of hydrogen-bond donors (Lipinski definition) is 8. The molecule has 270 valence electrons. The predicted octanol–water partition coefficient (Wildman–Crippen LogP) is 2.99. The third kappa shape index (κ3) is 3.95. The molecule has 4 saturated carbocycles. The Bertz CT molecular complexity index is 1610. The van der Waals surface area contributed by atoms with E-state index in [1.807, 2.05) is 20.8 Å². The molecular weight excluding hydrogens is 628 g/mol. The summed E-state index contributed by atoms with van der Waals surface area (Å²) in [6.45, 7) is 7.72. The third-order valence-electron chi connectivity index (χ3n) is 16.0. The highest BCUT2D eigenvalue weighted by atomic mass is 16.6. The molecule has 0 aromatic heterocycles. The van der Waals surface area contributed by atoms with E-state index in [2.05, 4.69) is 6.92 Å². The number of aliphatic hydroxyl groups is 6. The Labute approximate surface area is 287 Å². The third-order valence-corrected chi connectivity index (χ3v) is 16.0. The molecule has 1 spiro atoms. The molecule has 1 saturated heterocycles. The van der Waals surface area contributed by atoms with Gasteiger partial charge in [-0.1, -0.05) is 40.5 Å². The van der Waals surface area contributed by atoms with Crippen LogP contribution in [-0.4, -0.2) is 94.0 Å². The number of carbonyl (C=O) groups excluding carboxylic acids is 1. The number of rotatable bonds is 2. The largest absolute Gasteiger partial charge is 0.508 e. The maximum atomic E-state index is 14.6. The number of fused-ring (bicyclic) bond motifs is 11. The zero-order chi connectivity index (χ0) is 35.3. The van der Waals surface area contributed by atoms with Crippen LogP contribution in [-0.2, 0) is 16.0 Å². The smallest absolute Gasteiger partial charge is 0.160 e. The summed E-state index contributed by atoms with van der Waals surface area (Å²) in [6.07, 6.45) is 2.57. The van der Waals surface area contributed by atoms with Crippen LogP contribution >= 0.6 is 0 Å². The zero-order valence-electron chi connectivity index (χ0n) is 29.1. The molecule has 10 heteroatoms. The molecule has 0 amide bonds. The Morgan fingerprint density at radius 2 is 1.69 bits per heavy atom. The van der Waals surface area contributed by atoms with E-state index in [0.29, 0.717) is 42.4 Å². The van der Waals surface area contributed by atoms with Crippen molar-refractivity contribution in [1.82, 2.24) is 0 Å². The molecule has 5 fully saturated rings. The summed E-state index contributed by atoms with van der Waals surface area (Å²) in [5.74, 6) is -3.10. The van der Waals surface area contributed by atoms with Crippen molar-refractivity contribution in [2.24, 2.45) is 40.4 Å². The minimum atomic E-state index is -1.64. The van der Waals surface area contributed by atoms with Gasteiger partial charge in [0.1, 0.15) is 22.7 Å². The number of hydrogen-bond acceptors (Lipinski definition) is 10. The Morgan fingerprint density at radius 1 is 0.959 bits per heavy atom. The summed E-state index contributed by atoms with van der Waals surface area (Å²) < 4.78 is 6.91. The Hall–Kier alpha value is -2.05. The molecule has 0 bridgehead atoms. The summed E-state index contributed by atoms with van der Waals surface area (Å²) in [7, 11) is 0. The lowest BCUT2D eigenvalue weighted by molar-refractivity contribution is -0.234. The number of benzene rings is 1. The topological polar surface area (TPSA) is 188 Å². The second-order valence-corrected chi connectivity index (χ2v) is 17.9. The van der Waals surface area contributed by atoms with Gasteiger partial charge in [-0.3, -0.25) is 4.79 Å². The van der Waals surface area contributed by atoms with Crippen LogP contribution in [0.4, 0.5) is 0 Å². The fourth-order valence-electron chi connectivity index (χ4n) is 13.5. The van der Waals surface area contributed by atoms with Crippen LogP contribution in [0.1, 0.15) is 103 Å². The van der Waals surface area contributed by atoms with Gasteiger partial charge in [0, 0.05) is 48.7 Å². The van der Waals surface area contributed by atoms with Gasteiger partial charge in [0.2, 0.25) is 0 Å². The monoisotopic (exact) mass is 682 g/mol. The summed E-state index contributed by atoms with van der Waals surface area (Å²) in [6, 6.07) is 2.76. The van der Waals surface area contributed by atoms with Crippen molar-refractivity contribution in [1.29, 1.82) is 0 Å². The average Bonchev–Trinajstić information content (AvgIpc) is 3.36. The fraction of sp³-hybridized carbons (Fsp3) is 0.769. The molecule has 1 aromatic rings. The van der Waals surface area contributed by atoms with E-state index in [1.165, 1.54) is 12.1 Å². The quantitative estimate of drug-likeness (QED) is 0.230. The van der Waals surface area contributed by atoms with Gasteiger partial charge in [0.15, 0.2) is 5.78 Å². The van der Waals surface area contributed by atoms with E-state index >= 15 is 0 Å². The van der Waals surface area contributed by atoms with Gasteiger partial charge in [-0.25, -0.2) is 0 Å². The van der Waals surface area contributed by atoms with Crippen LogP contribution in [0.2, 0.25) is 0 Å². The average molecular weight is 683 g/mol. The molecule has 49 heavy (non-hydrogen) atoms. The van der Waals surface area contributed by atoms with Gasteiger partial charge in [-0.15, -0.1) is 0 Å². The van der Waals surface area contributed by atoms with Crippen molar-refractivity contribution in [3.05, 3.63) is 34.9 Å². The van der Waals surface area contributed by atoms with E-state index in [1.54, 1.807) is 6.08 Å². The molecule has 0 unspecified atom stereocenters. The van der Waals surface area contributed by atoms with Gasteiger partial charge < -0.3 is 45.6 Å². The first kappa shape index (κ1) is 34.1. The number of aliphatic hydroxyl groups excluding tert-OH is 3. The number of carbonyl (C=O) groups is 1. The van der Waals surface area contributed by atoms with E-state index < -0.39 is 69.3 Å². The highest BCUT2D eigenvalue weighted by Crippen LogP contribution is 2.74. The highest BCUT2D eigenvalue weighted by Gasteiger charge is 2.80. The van der Waals surface area contributed by atoms with Gasteiger partial charge in [-0.2, -0.15) is 0 Å². The Morgan fingerprint density at radius 3 is 2.41 bits per heavy atom. The molecule has 1 heterocycles. The minimum Gasteiger partial charge on any atom is -0.508 e. The van der Waals surface area contributed by atoms with Crippen molar-refractivity contribution >= 4 is 5.78 Å². The summed E-state index contributed by atoms with van der Waals surface area (Å²) in [4.78, 5) is 14.6. The number of phenols is 2. The Kier molecular flexibility index (Phi) is 7.31. The van der Waals surface area contributed by atoms with Gasteiger partial charge in [0.05, 0.1) is 29.5 Å². The maximum Gasteiger partial charge on any atom is 0.160 e. The van der Waals surface area contributed by atoms with Gasteiger partial charge in [-0.05, 0) is 90.5 Å². The molecule has 8 N–H and O–H groups in total. The number of allylic oxidation sites excluding steroid dienone is 1. The van der Waals surface area contributed by atoms with Crippen LogP contribution in [0.15, 0.2) is 23.8 Å². The van der Waals surface area contributed by atoms with Crippen molar-refractivity contribution < 1.29 is 50.4 Å². The first-order valence-corrected chi connectivity index (χ1v) is 18.6. The van der Waals surface area contributed by atoms with Crippen LogP contribution in [0.25, 0.3) is 0 Å². The molecule has 1 aliphatic heterocycles. The normalized spacial score (nSPS) is 53.1. The highest BCUT2D eigenvalue weighted by molar-refractivity contribution is 5.96. The van der Waals surface area contributed by atoms with Crippen LogP contribution < -0.4 is 0 Å². The van der Waals surface area contributed by atoms with Gasteiger partial charge in [0.25, 0.3) is 0 Å². The predicted molar refractivity (Wildman–Crippen MR) is 177 cm³/mol. The molecule has 6 aliphatic carbocycles. The number of aromatic hydroxyl groups is 2. The molecule has 8 rings (SSSR count). The second-order valence-electron chi connectivity index (χ2n) is 17.9. The minimum absolute atomic E-state index is 0.00918. The lowest BCUT2D eigenvalue weighted by Gasteiger charge is -2.64. The van der Waals surface area contributed by atoms with Crippen molar-refractivity contribution in [2.75, 3.05) is 6.61 Å². The zero-order valence-corrected chi connectivity index (χ0v) is 29.1. The molecular formula is C39H54O10. The van der Waals surface area contributed by atoms with E-state index in [9.17, 15) is 45.6 Å². The molecule has 0 radical (unpaired) electrons. The summed E-state index contributed by atoms with van der Waals surface area (Å²) >= 11 is 0. The standard InChI is InChI=1S/C39H54O10/c1-19-6-5-9-39(33(45)20(19)2)37(47,12-13-40)32-28(49-39)17-38(48)25-16-27(43)31-30-23-14-21(41)15-26(42)22(23)7-11-36(30,46)29(44)18-34(31,3)24(25)8-10-35(32,38)4/h14-16,19-20,24,28-33,40-42,44-48H,5-13,17-18H2,1-4H3/t19-,20-,24+,28-,29-,30+,31-,32+,33-,34+,35+,36+,37+,38-,39-/m0/s1. The first-order valence-electron chi connectivity index (χ1n) is 18.6. The van der Waals surface area contributed by atoms with E-state index in [4.69, 9.17) is 4.74 Å². The van der Waals surface area contributed by atoms with Gasteiger partial charge >= 0.3 is 0 Å². The molecule has 15 atom stereocenters. The Balaban J connectivity index is 1.23. The SMILES string of the molecule is C[C@H]1[C@@H](C)CCC[C@]2(O[C@H]3C[C@]4(O)C5=CC(=O)[C@H]6[C@H]7c8cc(O)cc(O)c8CC[C@@]7(O)[C@@H](O)C[C@]6(C)[C@@H]5CC[C@]4(C)[C@@H]3[C@]2(O)CCO)[C@H]1O. The summed E-state index contributed by atoms with van der Waals surface area (Å²) in [5.41, 5.74) is -6.35. The van der Waals surface area contributed by atoms with E-state index in [0.717, 1.165) is 12.8 Å².